The quantitative estimate of drug-likeness (QED) is 0.412. The molecule has 7 heteroatoms. The van der Waals surface area contributed by atoms with Gasteiger partial charge in [0.25, 0.3) is 0 Å². The Balaban J connectivity index is 0.00000306. The van der Waals surface area contributed by atoms with Gasteiger partial charge in [-0.25, -0.2) is 0 Å². The first-order valence-corrected chi connectivity index (χ1v) is 11.0. The predicted octanol–water partition coefficient (Wildman–Crippen LogP) is 3.32. The van der Waals surface area contributed by atoms with Crippen LogP contribution in [0, 0.1) is 5.92 Å². The van der Waals surface area contributed by atoms with Crippen molar-refractivity contribution in [2.24, 2.45) is 5.92 Å². The van der Waals surface area contributed by atoms with Crippen molar-refractivity contribution in [2.75, 3.05) is 0 Å². The molecule has 1 fully saturated rings. The molecule has 1 aliphatic carbocycles. The number of aliphatic carboxylic acids is 1. The summed E-state index contributed by atoms with van der Waals surface area (Å²) < 4.78 is 12.1. The molecule has 0 unspecified atom stereocenters. The fourth-order valence-electron chi connectivity index (χ4n) is 4.72. The molecule has 5 atom stereocenters. The summed E-state index contributed by atoms with van der Waals surface area (Å²) in [7, 11) is 0. The van der Waals surface area contributed by atoms with E-state index in [1.807, 2.05) is 68.5 Å². The molecule has 171 valence electrons. The number of carboxylic acids is 1. The number of rotatable bonds is 8. The third-order valence-electron chi connectivity index (χ3n) is 6.45. The fourth-order valence-corrected chi connectivity index (χ4v) is 4.72. The SMILES string of the molecule is CC(C)(Oc1ccccc1)[C@H](O)/C=C/[C@@H]1[C@H]2c3cccc(CCC(=O)O)c3O[C@H]2C[C@H]1O.[Na]. The van der Waals surface area contributed by atoms with Crippen LogP contribution in [-0.4, -0.2) is 74.8 Å². The van der Waals surface area contributed by atoms with Gasteiger partial charge < -0.3 is 24.8 Å². The van der Waals surface area contributed by atoms with Gasteiger partial charge in [0.05, 0.1) is 6.10 Å². The van der Waals surface area contributed by atoms with Gasteiger partial charge in [0, 0.05) is 59.8 Å². The van der Waals surface area contributed by atoms with Crippen molar-refractivity contribution < 1.29 is 29.6 Å². The summed E-state index contributed by atoms with van der Waals surface area (Å²) in [4.78, 5) is 11.0. The van der Waals surface area contributed by atoms with Gasteiger partial charge in [0.15, 0.2) is 0 Å². The Kier molecular flexibility index (Phi) is 8.30. The molecular weight excluding hydrogens is 431 g/mol. The number of aryl methyl sites for hydroxylation is 1. The zero-order chi connectivity index (χ0) is 22.9. The van der Waals surface area contributed by atoms with Crippen LogP contribution in [0.3, 0.4) is 0 Å². The van der Waals surface area contributed by atoms with Gasteiger partial charge in [-0.15, -0.1) is 0 Å². The van der Waals surface area contributed by atoms with Gasteiger partial charge >= 0.3 is 5.97 Å². The fraction of sp³-hybridized carbons (Fsp3) is 0.423. The molecule has 0 bridgehead atoms. The number of hydrogen-bond acceptors (Lipinski definition) is 5. The minimum Gasteiger partial charge on any atom is -0.489 e. The second kappa shape index (κ2) is 10.6. The van der Waals surface area contributed by atoms with Crippen molar-refractivity contribution >= 4 is 35.5 Å². The largest absolute Gasteiger partial charge is 0.489 e. The van der Waals surface area contributed by atoms with E-state index in [0.29, 0.717) is 18.6 Å². The smallest absolute Gasteiger partial charge is 0.303 e. The second-order valence-electron chi connectivity index (χ2n) is 9.14. The van der Waals surface area contributed by atoms with Crippen LogP contribution >= 0.6 is 0 Å². The number of ether oxygens (including phenoxy) is 2. The number of carboxylic acid groups (broad SMARTS) is 1. The second-order valence-corrected chi connectivity index (χ2v) is 9.14. The summed E-state index contributed by atoms with van der Waals surface area (Å²) in [5, 5.41) is 30.5. The van der Waals surface area contributed by atoms with E-state index in [9.17, 15) is 15.0 Å². The molecule has 6 nitrogen and oxygen atoms in total. The first kappa shape index (κ1) is 25.8. The number of hydrogen-bond donors (Lipinski definition) is 3. The van der Waals surface area contributed by atoms with E-state index in [2.05, 4.69) is 0 Å². The standard InChI is InChI=1S/C26H30O6.Na/c1-26(2,32-17-8-4-3-5-9-17)22(28)13-12-18-20(27)15-21-24(18)19-10-6-7-16(25(19)31-21)11-14-23(29)30;/h3-10,12-13,18,20-22,24,27-28H,11,14-15H2,1-2H3,(H,29,30);/b13-12+;/t18-,20+,21-,22+,24-;/m0./s1. The molecule has 33 heavy (non-hydrogen) atoms. The van der Waals surface area contributed by atoms with E-state index in [1.165, 1.54) is 0 Å². The Morgan fingerprint density at radius 3 is 2.64 bits per heavy atom. The average Bonchev–Trinajstić information content (AvgIpc) is 3.25. The molecule has 2 aliphatic rings. The summed E-state index contributed by atoms with van der Waals surface area (Å²) in [6.07, 6.45) is 2.90. The van der Waals surface area contributed by atoms with E-state index < -0.39 is 23.8 Å². The molecule has 1 heterocycles. The van der Waals surface area contributed by atoms with Crippen LogP contribution in [0.5, 0.6) is 11.5 Å². The van der Waals surface area contributed by atoms with E-state index >= 15 is 0 Å². The van der Waals surface area contributed by atoms with Crippen molar-refractivity contribution in [1.29, 1.82) is 0 Å². The van der Waals surface area contributed by atoms with Crippen molar-refractivity contribution in [2.45, 2.75) is 62.9 Å². The predicted molar refractivity (Wildman–Crippen MR) is 126 cm³/mol. The minimum atomic E-state index is -0.877. The number of aliphatic hydroxyl groups is 2. The van der Waals surface area contributed by atoms with Crippen LogP contribution < -0.4 is 9.47 Å². The van der Waals surface area contributed by atoms with Crippen LogP contribution in [0.4, 0.5) is 0 Å². The van der Waals surface area contributed by atoms with Gasteiger partial charge in [-0.05, 0) is 38.0 Å². The van der Waals surface area contributed by atoms with Crippen LogP contribution in [0.25, 0.3) is 0 Å². The molecule has 2 aromatic carbocycles. The van der Waals surface area contributed by atoms with Crippen molar-refractivity contribution in [1.82, 2.24) is 0 Å². The zero-order valence-electron chi connectivity index (χ0n) is 19.3. The number of benzene rings is 2. The molecule has 2 aromatic rings. The molecule has 1 saturated carbocycles. The number of carbonyl (C=O) groups is 1. The number of fused-ring (bicyclic) bond motifs is 3. The Morgan fingerprint density at radius 2 is 1.94 bits per heavy atom. The summed E-state index contributed by atoms with van der Waals surface area (Å²) in [5.41, 5.74) is 1.03. The minimum absolute atomic E-state index is 0. The molecular formula is C26H30NaO6. The monoisotopic (exact) mass is 461 g/mol. The van der Waals surface area contributed by atoms with E-state index in [0.717, 1.165) is 16.9 Å². The van der Waals surface area contributed by atoms with E-state index in [1.54, 1.807) is 6.08 Å². The van der Waals surface area contributed by atoms with Gasteiger partial charge in [-0.1, -0.05) is 48.6 Å². The maximum Gasteiger partial charge on any atom is 0.303 e. The van der Waals surface area contributed by atoms with Crippen molar-refractivity contribution in [3.8, 4) is 11.5 Å². The maximum absolute atomic E-state index is 11.0. The first-order chi connectivity index (χ1) is 15.3. The van der Waals surface area contributed by atoms with Gasteiger partial charge in [0.2, 0.25) is 0 Å². The number of para-hydroxylation sites is 2. The molecule has 0 aromatic heterocycles. The summed E-state index contributed by atoms with van der Waals surface area (Å²) >= 11 is 0. The molecule has 1 aliphatic heterocycles. The normalized spacial score (nSPS) is 24.5. The van der Waals surface area contributed by atoms with Crippen LogP contribution in [0.1, 0.15) is 43.7 Å². The summed E-state index contributed by atoms with van der Waals surface area (Å²) in [6.45, 7) is 3.65. The van der Waals surface area contributed by atoms with Crippen LogP contribution in [0.2, 0.25) is 0 Å². The summed E-state index contributed by atoms with van der Waals surface area (Å²) in [5.74, 6) is 0.344. The Labute approximate surface area is 216 Å². The zero-order valence-corrected chi connectivity index (χ0v) is 21.3. The third kappa shape index (κ3) is 5.64. The Hall–Kier alpha value is -1.83. The van der Waals surface area contributed by atoms with Gasteiger partial charge in [-0.2, -0.15) is 0 Å². The summed E-state index contributed by atoms with van der Waals surface area (Å²) in [6, 6.07) is 15.2. The van der Waals surface area contributed by atoms with Gasteiger partial charge in [-0.3, -0.25) is 4.79 Å². The molecule has 0 spiro atoms. The molecule has 0 amide bonds. The third-order valence-corrected chi connectivity index (χ3v) is 6.45. The molecule has 4 rings (SSSR count). The van der Waals surface area contributed by atoms with Crippen molar-refractivity contribution in [3.05, 3.63) is 71.8 Å². The van der Waals surface area contributed by atoms with E-state index in [-0.39, 0.29) is 53.9 Å². The van der Waals surface area contributed by atoms with E-state index in [4.69, 9.17) is 14.6 Å². The Bertz CT molecular complexity index is 990. The van der Waals surface area contributed by atoms with Crippen LogP contribution in [0.15, 0.2) is 60.7 Å². The molecule has 1 radical (unpaired) electrons. The average molecular weight is 462 g/mol. The number of aliphatic hydroxyl groups excluding tert-OH is 2. The molecule has 3 N–H and O–H groups in total. The van der Waals surface area contributed by atoms with Gasteiger partial charge in [0.1, 0.15) is 29.3 Å². The topological polar surface area (TPSA) is 96.2 Å². The van der Waals surface area contributed by atoms with Crippen molar-refractivity contribution in [3.63, 3.8) is 0 Å². The Morgan fingerprint density at radius 1 is 1.21 bits per heavy atom. The van der Waals surface area contributed by atoms with Crippen LogP contribution in [-0.2, 0) is 11.2 Å². The first-order valence-electron chi connectivity index (χ1n) is 11.0. The maximum atomic E-state index is 11.0. The molecule has 0 saturated heterocycles.